The number of aryl methyl sites for hydroxylation is 1. The number of aromatic nitrogens is 2. The molecule has 5 rings (SSSR count). The van der Waals surface area contributed by atoms with Crippen molar-refractivity contribution in [2.24, 2.45) is 5.92 Å². The van der Waals surface area contributed by atoms with Gasteiger partial charge in [-0.05, 0) is 72.6 Å². The summed E-state index contributed by atoms with van der Waals surface area (Å²) in [6, 6.07) is 11.0. The summed E-state index contributed by atoms with van der Waals surface area (Å²) in [5.74, 6) is 0.747. The van der Waals surface area contributed by atoms with Crippen LogP contribution in [0.5, 0.6) is 5.75 Å². The van der Waals surface area contributed by atoms with Gasteiger partial charge in [-0.3, -0.25) is 4.90 Å². The number of ether oxygens (including phenoxy) is 1. The van der Waals surface area contributed by atoms with Gasteiger partial charge in [-0.25, -0.2) is 19.2 Å². The number of hydrogen-bond acceptors (Lipinski definition) is 6. The first-order chi connectivity index (χ1) is 18.3. The van der Waals surface area contributed by atoms with Crippen molar-refractivity contribution >= 4 is 11.9 Å². The van der Waals surface area contributed by atoms with Crippen molar-refractivity contribution in [3.8, 4) is 16.9 Å². The quantitative estimate of drug-likeness (QED) is 0.466. The Morgan fingerprint density at radius 1 is 1.16 bits per heavy atom. The lowest BCUT2D eigenvalue weighted by molar-refractivity contribution is -0.145. The second kappa shape index (κ2) is 11.1. The molecule has 0 saturated carbocycles. The predicted octanol–water partition coefficient (Wildman–Crippen LogP) is 5.11. The Labute approximate surface area is 223 Å². The van der Waals surface area contributed by atoms with E-state index < -0.39 is 12.1 Å². The molecule has 1 aromatic heterocycles. The van der Waals surface area contributed by atoms with E-state index in [-0.39, 0.29) is 11.9 Å². The summed E-state index contributed by atoms with van der Waals surface area (Å²) in [6.45, 7) is 9.86. The van der Waals surface area contributed by atoms with Crippen LogP contribution in [0.3, 0.4) is 0 Å². The van der Waals surface area contributed by atoms with Crippen LogP contribution < -0.4 is 9.64 Å². The maximum atomic E-state index is 13.7. The predicted molar refractivity (Wildman–Crippen MR) is 145 cm³/mol. The van der Waals surface area contributed by atoms with Crippen LogP contribution in [0.2, 0.25) is 0 Å². The topological polar surface area (TPSA) is 78.8 Å². The van der Waals surface area contributed by atoms with Crippen molar-refractivity contribution in [3.05, 3.63) is 71.3 Å². The standard InChI is InChI=1S/C30H35FN4O3/c1-19(2)11-25-18-34(17-21-12-20(3)26-7-8-27(29(36)37)38-28(26)13-21)9-10-35(25)30-32-15-23(16-33-30)22-5-4-6-24(31)14-22/h4-6,12-16,19,25,27H,7-11,17-18H2,1-3H3,(H,36,37)/t25-,27?/m1/s1. The zero-order valence-corrected chi connectivity index (χ0v) is 22.2. The summed E-state index contributed by atoms with van der Waals surface area (Å²) in [6.07, 6.45) is 5.02. The van der Waals surface area contributed by atoms with Gasteiger partial charge in [0.25, 0.3) is 0 Å². The minimum absolute atomic E-state index is 0.259. The number of carboxylic acids is 1. The summed E-state index contributed by atoms with van der Waals surface area (Å²) >= 11 is 0. The van der Waals surface area contributed by atoms with Crippen molar-refractivity contribution in [2.75, 3.05) is 24.5 Å². The Bertz CT molecular complexity index is 1300. The highest BCUT2D eigenvalue weighted by atomic mass is 19.1. The van der Waals surface area contributed by atoms with Gasteiger partial charge in [0.05, 0.1) is 0 Å². The highest BCUT2D eigenvalue weighted by molar-refractivity contribution is 5.73. The molecule has 1 fully saturated rings. The van der Waals surface area contributed by atoms with Gasteiger partial charge in [0.15, 0.2) is 6.10 Å². The number of anilines is 1. The van der Waals surface area contributed by atoms with Gasteiger partial charge < -0.3 is 14.7 Å². The number of hydrogen-bond donors (Lipinski definition) is 1. The van der Waals surface area contributed by atoms with E-state index in [1.54, 1.807) is 18.5 Å². The van der Waals surface area contributed by atoms with E-state index >= 15 is 0 Å². The van der Waals surface area contributed by atoms with Crippen LogP contribution in [0.4, 0.5) is 10.3 Å². The Balaban J connectivity index is 1.30. The molecular formula is C30H35FN4O3. The van der Waals surface area contributed by atoms with E-state index in [4.69, 9.17) is 4.74 Å². The van der Waals surface area contributed by atoms with Crippen molar-refractivity contribution in [2.45, 2.75) is 58.7 Å². The molecule has 2 aliphatic rings. The fourth-order valence-electron chi connectivity index (χ4n) is 5.65. The largest absolute Gasteiger partial charge is 0.479 e. The van der Waals surface area contributed by atoms with Gasteiger partial charge in [-0.1, -0.05) is 32.0 Å². The minimum atomic E-state index is -0.905. The molecule has 0 bridgehead atoms. The van der Waals surface area contributed by atoms with Gasteiger partial charge >= 0.3 is 5.97 Å². The maximum absolute atomic E-state index is 13.7. The van der Waals surface area contributed by atoms with Crippen LogP contribution in [0.1, 0.15) is 43.4 Å². The molecule has 2 atom stereocenters. The molecule has 0 spiro atoms. The molecular weight excluding hydrogens is 483 g/mol. The molecule has 8 heteroatoms. The first-order valence-electron chi connectivity index (χ1n) is 13.4. The summed E-state index contributed by atoms with van der Waals surface area (Å²) < 4.78 is 19.5. The van der Waals surface area contributed by atoms with Crippen LogP contribution in [-0.2, 0) is 17.8 Å². The van der Waals surface area contributed by atoms with Gasteiger partial charge in [-0.2, -0.15) is 0 Å². The lowest BCUT2D eigenvalue weighted by Gasteiger charge is -2.42. The van der Waals surface area contributed by atoms with Crippen molar-refractivity contribution in [1.82, 2.24) is 14.9 Å². The van der Waals surface area contributed by atoms with Gasteiger partial charge in [0.2, 0.25) is 5.95 Å². The number of rotatable bonds is 7. The number of aliphatic carboxylic acids is 1. The van der Waals surface area contributed by atoms with Crippen LogP contribution in [0.25, 0.3) is 11.1 Å². The number of carboxylic acid groups (broad SMARTS) is 1. The van der Waals surface area contributed by atoms with E-state index in [1.807, 2.05) is 12.1 Å². The molecule has 0 aliphatic carbocycles. The highest BCUT2D eigenvalue weighted by Crippen LogP contribution is 2.33. The number of benzene rings is 2. The van der Waals surface area contributed by atoms with E-state index in [0.717, 1.165) is 66.8 Å². The normalized spacial score (nSPS) is 19.8. The lowest BCUT2D eigenvalue weighted by Crippen LogP contribution is -2.54. The third-order valence-corrected chi connectivity index (χ3v) is 7.46. The molecule has 2 aromatic carbocycles. The van der Waals surface area contributed by atoms with Crippen LogP contribution >= 0.6 is 0 Å². The van der Waals surface area contributed by atoms with Crippen LogP contribution in [0.15, 0.2) is 48.8 Å². The monoisotopic (exact) mass is 518 g/mol. The van der Waals surface area contributed by atoms with Crippen LogP contribution in [-0.4, -0.2) is 57.7 Å². The first kappa shape index (κ1) is 26.1. The molecule has 0 amide bonds. The number of carbonyl (C=O) groups is 1. The molecule has 1 unspecified atom stereocenters. The second-order valence-electron chi connectivity index (χ2n) is 10.9. The summed E-state index contributed by atoms with van der Waals surface area (Å²) in [4.78, 5) is 25.5. The SMILES string of the molecule is Cc1cc(CN2CCN(c3ncc(-c4cccc(F)c4)cn3)[C@H](CC(C)C)C2)cc2c1CCC(C(=O)O)O2. The Hall–Kier alpha value is -3.52. The molecule has 3 aromatic rings. The van der Waals surface area contributed by atoms with Crippen molar-refractivity contribution < 1.29 is 19.0 Å². The maximum Gasteiger partial charge on any atom is 0.344 e. The molecule has 1 saturated heterocycles. The lowest BCUT2D eigenvalue weighted by atomic mass is 9.95. The number of fused-ring (bicyclic) bond motifs is 1. The summed E-state index contributed by atoms with van der Waals surface area (Å²) in [5.41, 5.74) is 4.97. The van der Waals surface area contributed by atoms with E-state index in [9.17, 15) is 14.3 Å². The molecule has 0 radical (unpaired) electrons. The molecule has 200 valence electrons. The average molecular weight is 519 g/mol. The summed E-state index contributed by atoms with van der Waals surface area (Å²) in [5, 5.41) is 9.40. The third-order valence-electron chi connectivity index (χ3n) is 7.46. The van der Waals surface area contributed by atoms with Crippen LogP contribution in [0, 0.1) is 18.7 Å². The van der Waals surface area contributed by atoms with Crippen molar-refractivity contribution in [3.63, 3.8) is 0 Å². The second-order valence-corrected chi connectivity index (χ2v) is 10.9. The average Bonchev–Trinajstić information content (AvgIpc) is 2.88. The fraction of sp³-hybridized carbons (Fsp3) is 0.433. The molecule has 1 N–H and O–H groups in total. The number of nitrogens with zero attached hydrogens (tertiary/aromatic N) is 4. The molecule has 38 heavy (non-hydrogen) atoms. The van der Waals surface area contributed by atoms with E-state index in [2.05, 4.69) is 46.6 Å². The van der Waals surface area contributed by atoms with Gasteiger partial charge in [0.1, 0.15) is 11.6 Å². The number of piperazine rings is 1. The van der Waals surface area contributed by atoms with E-state index in [0.29, 0.717) is 24.0 Å². The number of halogens is 1. The Morgan fingerprint density at radius 3 is 2.66 bits per heavy atom. The minimum Gasteiger partial charge on any atom is -0.479 e. The summed E-state index contributed by atoms with van der Waals surface area (Å²) in [7, 11) is 0. The Kier molecular flexibility index (Phi) is 7.61. The molecule has 3 heterocycles. The zero-order valence-electron chi connectivity index (χ0n) is 22.2. The molecule has 2 aliphatic heterocycles. The Morgan fingerprint density at radius 2 is 1.95 bits per heavy atom. The van der Waals surface area contributed by atoms with Gasteiger partial charge in [0, 0.05) is 50.2 Å². The fourth-order valence-corrected chi connectivity index (χ4v) is 5.65. The first-order valence-corrected chi connectivity index (χ1v) is 13.4. The molecule has 7 nitrogen and oxygen atoms in total. The zero-order chi connectivity index (χ0) is 26.8. The van der Waals surface area contributed by atoms with Crippen molar-refractivity contribution in [1.29, 1.82) is 0 Å². The van der Waals surface area contributed by atoms with Gasteiger partial charge in [-0.15, -0.1) is 0 Å². The van der Waals surface area contributed by atoms with E-state index in [1.165, 1.54) is 12.1 Å². The third kappa shape index (κ3) is 5.80. The smallest absolute Gasteiger partial charge is 0.344 e. The highest BCUT2D eigenvalue weighted by Gasteiger charge is 2.31.